The average Bonchev–Trinajstić information content (AvgIpc) is 3.42. The maximum atomic E-state index is 10.2. The normalized spacial score (nSPS) is 16.2. The van der Waals surface area contributed by atoms with Crippen LogP contribution in [0.1, 0.15) is 63.6 Å². The van der Waals surface area contributed by atoms with Gasteiger partial charge in [-0.05, 0) is 63.9 Å². The van der Waals surface area contributed by atoms with Crippen molar-refractivity contribution in [3.8, 4) is 17.0 Å². The Morgan fingerprint density at radius 2 is 2.00 bits per heavy atom. The molecule has 0 aromatic carbocycles. The second-order valence-electron chi connectivity index (χ2n) is 10.4. The Morgan fingerprint density at radius 3 is 2.68 bits per heavy atom. The molecule has 1 aliphatic rings. The van der Waals surface area contributed by atoms with Crippen LogP contribution in [0.2, 0.25) is 0 Å². The van der Waals surface area contributed by atoms with Crippen LogP contribution < -0.4 is 4.74 Å². The van der Waals surface area contributed by atoms with Crippen molar-refractivity contribution in [2.75, 3.05) is 26.7 Å². The third-order valence-corrected chi connectivity index (χ3v) is 6.74. The fourth-order valence-corrected chi connectivity index (χ4v) is 5.23. The Hall–Kier alpha value is -2.97. The SMILES string of the molecule is COc1cc(-c2[nH]c3ccc(C4CCN(CC(C)(C)O)CC4)nc3c2C(C)C)cn2ncnc12. The van der Waals surface area contributed by atoms with Crippen LogP contribution in [0.5, 0.6) is 5.75 Å². The summed E-state index contributed by atoms with van der Waals surface area (Å²) < 4.78 is 7.34. The molecule has 8 nitrogen and oxygen atoms in total. The summed E-state index contributed by atoms with van der Waals surface area (Å²) in [5.41, 5.74) is 6.53. The summed E-state index contributed by atoms with van der Waals surface area (Å²) in [6, 6.07) is 6.35. The topological polar surface area (TPSA) is 91.6 Å². The Bertz CT molecular complexity index is 1310. The molecule has 1 fully saturated rings. The van der Waals surface area contributed by atoms with E-state index in [1.54, 1.807) is 11.6 Å². The zero-order valence-corrected chi connectivity index (χ0v) is 20.7. The van der Waals surface area contributed by atoms with Crippen LogP contribution in [-0.4, -0.2) is 66.9 Å². The highest BCUT2D eigenvalue weighted by molar-refractivity contribution is 5.89. The summed E-state index contributed by atoms with van der Waals surface area (Å²) in [5, 5.41) is 14.5. The minimum Gasteiger partial charge on any atom is -0.493 e. The van der Waals surface area contributed by atoms with Gasteiger partial charge in [0.2, 0.25) is 0 Å². The first-order chi connectivity index (χ1) is 16.2. The number of aliphatic hydroxyl groups is 1. The lowest BCUT2D eigenvalue weighted by molar-refractivity contribution is 0.0280. The van der Waals surface area contributed by atoms with Crippen molar-refractivity contribution in [3.05, 3.63) is 42.0 Å². The number of methoxy groups -OCH3 is 1. The molecule has 4 aromatic heterocycles. The van der Waals surface area contributed by atoms with E-state index in [1.807, 2.05) is 26.1 Å². The Kier molecular flexibility index (Phi) is 5.81. The van der Waals surface area contributed by atoms with Crippen LogP contribution in [0.25, 0.3) is 27.9 Å². The molecular weight excluding hydrogens is 428 g/mol. The minimum atomic E-state index is -0.657. The maximum absolute atomic E-state index is 10.2. The third kappa shape index (κ3) is 4.28. The standard InChI is InChI=1S/C26H34N6O2/c1-16(2)22-23(18-12-21(34-5)25-27-15-28-32(25)13-18)30-20-7-6-19(29-24(20)22)17-8-10-31(11-9-17)14-26(3,4)33/h6-7,12-13,15-17,30,33H,8-11,14H2,1-5H3. The van der Waals surface area contributed by atoms with E-state index in [0.717, 1.165) is 53.9 Å². The molecular formula is C26H34N6O2. The van der Waals surface area contributed by atoms with E-state index in [1.165, 1.54) is 11.9 Å². The molecule has 0 atom stereocenters. The quantitative estimate of drug-likeness (QED) is 0.443. The first kappa shape index (κ1) is 22.8. The molecule has 4 aromatic rings. The van der Waals surface area contributed by atoms with Gasteiger partial charge in [0.15, 0.2) is 11.4 Å². The largest absolute Gasteiger partial charge is 0.493 e. The van der Waals surface area contributed by atoms with Crippen LogP contribution in [0, 0.1) is 0 Å². The number of hydrogen-bond acceptors (Lipinski definition) is 6. The minimum absolute atomic E-state index is 0.289. The van der Waals surface area contributed by atoms with Gasteiger partial charge >= 0.3 is 0 Å². The summed E-state index contributed by atoms with van der Waals surface area (Å²) in [6.07, 6.45) is 5.64. The van der Waals surface area contributed by atoms with Gasteiger partial charge < -0.3 is 19.7 Å². The molecule has 1 aliphatic heterocycles. The predicted molar refractivity (Wildman–Crippen MR) is 133 cm³/mol. The van der Waals surface area contributed by atoms with Gasteiger partial charge in [-0.2, -0.15) is 5.10 Å². The molecule has 1 saturated heterocycles. The lowest BCUT2D eigenvalue weighted by Gasteiger charge is -2.35. The molecule has 0 aliphatic carbocycles. The predicted octanol–water partition coefficient (Wildman–Crippen LogP) is 4.35. The second-order valence-corrected chi connectivity index (χ2v) is 10.4. The van der Waals surface area contributed by atoms with Gasteiger partial charge in [0.1, 0.15) is 6.33 Å². The highest BCUT2D eigenvalue weighted by Gasteiger charge is 2.26. The van der Waals surface area contributed by atoms with E-state index < -0.39 is 5.60 Å². The van der Waals surface area contributed by atoms with Gasteiger partial charge in [-0.15, -0.1) is 0 Å². The Balaban J connectivity index is 1.50. The van der Waals surface area contributed by atoms with Crippen LogP contribution in [0.15, 0.2) is 30.7 Å². The number of hydrogen-bond donors (Lipinski definition) is 2. The smallest absolute Gasteiger partial charge is 0.197 e. The molecule has 0 unspecified atom stereocenters. The highest BCUT2D eigenvalue weighted by atomic mass is 16.5. The molecule has 5 heterocycles. The van der Waals surface area contributed by atoms with Gasteiger partial charge in [-0.25, -0.2) is 9.50 Å². The first-order valence-corrected chi connectivity index (χ1v) is 12.1. The zero-order chi connectivity index (χ0) is 24.0. The Morgan fingerprint density at radius 1 is 1.24 bits per heavy atom. The average molecular weight is 463 g/mol. The molecule has 0 radical (unpaired) electrons. The van der Waals surface area contributed by atoms with Crippen LogP contribution >= 0.6 is 0 Å². The number of piperidine rings is 1. The number of nitrogens with one attached hydrogen (secondary N) is 1. The van der Waals surface area contributed by atoms with Crippen molar-refractivity contribution in [1.82, 2.24) is 29.5 Å². The van der Waals surface area contributed by atoms with Crippen molar-refractivity contribution in [1.29, 1.82) is 0 Å². The van der Waals surface area contributed by atoms with Gasteiger partial charge in [-0.3, -0.25) is 4.98 Å². The van der Waals surface area contributed by atoms with Gasteiger partial charge in [0.05, 0.1) is 29.4 Å². The summed E-state index contributed by atoms with van der Waals surface area (Å²) >= 11 is 0. The van der Waals surface area contributed by atoms with Crippen molar-refractivity contribution >= 4 is 16.7 Å². The lowest BCUT2D eigenvalue weighted by Crippen LogP contribution is -2.42. The molecule has 0 saturated carbocycles. The Labute approximate surface area is 200 Å². The van der Waals surface area contributed by atoms with E-state index >= 15 is 0 Å². The number of β-amino-alcohol motifs (C(OH)–C–C–N with tert-alkyl or cyclic N) is 1. The van der Waals surface area contributed by atoms with E-state index in [0.29, 0.717) is 23.9 Å². The summed E-state index contributed by atoms with van der Waals surface area (Å²) in [4.78, 5) is 15.5. The van der Waals surface area contributed by atoms with Gasteiger partial charge in [0.25, 0.3) is 0 Å². The fraction of sp³-hybridized carbons (Fsp3) is 0.500. The third-order valence-electron chi connectivity index (χ3n) is 6.74. The monoisotopic (exact) mass is 462 g/mol. The number of H-pyrrole nitrogens is 1. The molecule has 5 rings (SSSR count). The van der Waals surface area contributed by atoms with Crippen molar-refractivity contribution < 1.29 is 9.84 Å². The first-order valence-electron chi connectivity index (χ1n) is 12.1. The van der Waals surface area contributed by atoms with E-state index in [-0.39, 0.29) is 5.92 Å². The molecule has 180 valence electrons. The fourth-order valence-electron chi connectivity index (χ4n) is 5.23. The molecule has 0 spiro atoms. The number of rotatable bonds is 6. The van der Waals surface area contributed by atoms with E-state index in [2.05, 4.69) is 45.9 Å². The van der Waals surface area contributed by atoms with Crippen molar-refractivity contribution in [2.24, 2.45) is 0 Å². The van der Waals surface area contributed by atoms with Crippen molar-refractivity contribution in [2.45, 2.75) is 58.0 Å². The molecule has 34 heavy (non-hydrogen) atoms. The van der Waals surface area contributed by atoms with Gasteiger partial charge in [0, 0.05) is 35.5 Å². The van der Waals surface area contributed by atoms with Crippen LogP contribution in [0.3, 0.4) is 0 Å². The molecule has 0 bridgehead atoms. The molecule has 8 heteroatoms. The number of fused-ring (bicyclic) bond motifs is 2. The van der Waals surface area contributed by atoms with Crippen molar-refractivity contribution in [3.63, 3.8) is 0 Å². The van der Waals surface area contributed by atoms with E-state index in [9.17, 15) is 5.11 Å². The zero-order valence-electron chi connectivity index (χ0n) is 20.7. The highest BCUT2D eigenvalue weighted by Crippen LogP contribution is 2.38. The molecule has 2 N–H and O–H groups in total. The van der Waals surface area contributed by atoms with Gasteiger partial charge in [-0.1, -0.05) is 13.8 Å². The summed E-state index contributed by atoms with van der Waals surface area (Å²) in [6.45, 7) is 10.9. The maximum Gasteiger partial charge on any atom is 0.197 e. The second kappa shape index (κ2) is 8.67. The van der Waals surface area contributed by atoms with Crippen LogP contribution in [0.4, 0.5) is 0 Å². The van der Waals surface area contributed by atoms with E-state index in [4.69, 9.17) is 9.72 Å². The summed E-state index contributed by atoms with van der Waals surface area (Å²) in [7, 11) is 1.66. The summed E-state index contributed by atoms with van der Waals surface area (Å²) in [5.74, 6) is 1.42. The number of nitrogens with zero attached hydrogens (tertiary/aromatic N) is 5. The number of aromatic nitrogens is 5. The number of aromatic amines is 1. The molecule has 0 amide bonds. The lowest BCUT2D eigenvalue weighted by atomic mass is 9.91. The van der Waals surface area contributed by atoms with Crippen LogP contribution in [-0.2, 0) is 0 Å². The number of ether oxygens (including phenoxy) is 1. The number of likely N-dealkylation sites (tertiary alicyclic amines) is 1. The number of pyridine rings is 2.